The first-order chi connectivity index (χ1) is 9.29. The fourth-order valence-electron chi connectivity index (χ4n) is 2.89. The van der Waals surface area contributed by atoms with Crippen LogP contribution in [0.25, 0.3) is 0 Å². The third-order valence-electron chi connectivity index (χ3n) is 3.94. The van der Waals surface area contributed by atoms with E-state index in [9.17, 15) is 5.11 Å². The number of furan rings is 1. The number of aromatic nitrogens is 1. The summed E-state index contributed by atoms with van der Waals surface area (Å²) in [6, 6.07) is 7.91. The lowest BCUT2D eigenvalue weighted by molar-refractivity contribution is 0.108. The average Bonchev–Trinajstić information content (AvgIpc) is 2.95. The second kappa shape index (κ2) is 5.17. The number of hydrogen-bond acceptors (Lipinski definition) is 3. The van der Waals surface area contributed by atoms with Crippen LogP contribution in [-0.4, -0.2) is 10.1 Å². The van der Waals surface area contributed by atoms with E-state index in [0.29, 0.717) is 5.76 Å². The molecule has 0 radical (unpaired) electrons. The van der Waals surface area contributed by atoms with Crippen molar-refractivity contribution in [3.8, 4) is 0 Å². The Morgan fingerprint density at radius 2 is 2.32 bits per heavy atom. The zero-order valence-electron chi connectivity index (χ0n) is 11.2. The number of pyridine rings is 1. The molecule has 0 saturated carbocycles. The quantitative estimate of drug-likeness (QED) is 0.916. The zero-order valence-corrected chi connectivity index (χ0v) is 11.2. The molecule has 2 unspecified atom stereocenters. The van der Waals surface area contributed by atoms with Gasteiger partial charge < -0.3 is 9.52 Å². The van der Waals surface area contributed by atoms with Crippen molar-refractivity contribution in [2.75, 3.05) is 0 Å². The Morgan fingerprint density at radius 3 is 3.11 bits per heavy atom. The fourth-order valence-corrected chi connectivity index (χ4v) is 2.89. The van der Waals surface area contributed by atoms with Gasteiger partial charge in [0.25, 0.3) is 0 Å². The smallest absolute Gasteiger partial charge is 0.133 e. The molecule has 19 heavy (non-hydrogen) atoms. The minimum atomic E-state index is -0.589. The van der Waals surface area contributed by atoms with Gasteiger partial charge in [-0.25, -0.2) is 0 Å². The van der Waals surface area contributed by atoms with Crippen LogP contribution < -0.4 is 0 Å². The lowest BCUT2D eigenvalue weighted by Crippen LogP contribution is -2.18. The maximum atomic E-state index is 10.6. The lowest BCUT2D eigenvalue weighted by atomic mass is 9.82. The Balaban J connectivity index is 1.90. The summed E-state index contributed by atoms with van der Waals surface area (Å²) in [5.74, 6) is 1.65. The highest BCUT2D eigenvalue weighted by Crippen LogP contribution is 2.39. The summed E-state index contributed by atoms with van der Waals surface area (Å²) in [5, 5.41) is 10.6. The zero-order chi connectivity index (χ0) is 13.2. The van der Waals surface area contributed by atoms with Crippen molar-refractivity contribution in [1.82, 2.24) is 4.98 Å². The van der Waals surface area contributed by atoms with Crippen LogP contribution in [0.2, 0.25) is 0 Å². The monoisotopic (exact) mass is 257 g/mol. The number of rotatable bonds is 3. The predicted molar refractivity (Wildman–Crippen MR) is 73.0 cm³/mol. The van der Waals surface area contributed by atoms with Crippen LogP contribution in [0.15, 0.2) is 34.9 Å². The number of aliphatic hydroxyl groups is 1. The van der Waals surface area contributed by atoms with E-state index in [1.807, 2.05) is 31.3 Å². The molecule has 1 N–H and O–H groups in total. The van der Waals surface area contributed by atoms with Crippen LogP contribution in [0.3, 0.4) is 0 Å². The molecule has 3 nitrogen and oxygen atoms in total. The number of fused-ring (bicyclic) bond motifs is 1. The molecule has 3 heteroatoms. The van der Waals surface area contributed by atoms with Gasteiger partial charge >= 0.3 is 0 Å². The highest BCUT2D eigenvalue weighted by atomic mass is 16.4. The van der Waals surface area contributed by atoms with Crippen LogP contribution in [-0.2, 0) is 12.8 Å². The van der Waals surface area contributed by atoms with Crippen molar-refractivity contribution in [3.05, 3.63) is 53.2 Å². The van der Waals surface area contributed by atoms with Crippen molar-refractivity contribution >= 4 is 0 Å². The first-order valence-electron chi connectivity index (χ1n) is 7.00. The van der Waals surface area contributed by atoms with Crippen molar-refractivity contribution in [3.63, 3.8) is 0 Å². The van der Waals surface area contributed by atoms with Crippen LogP contribution >= 0.6 is 0 Å². The molecule has 2 heterocycles. The highest BCUT2D eigenvalue weighted by molar-refractivity contribution is 5.28. The van der Waals surface area contributed by atoms with E-state index in [-0.39, 0.29) is 5.92 Å². The van der Waals surface area contributed by atoms with E-state index in [2.05, 4.69) is 11.1 Å². The standard InChI is InChI=1S/C16H19NO2/c1-2-12-8-9-14(19-12)16(18)13-7-3-5-11-6-4-10-17-15(11)13/h4,6,8-10,13,16,18H,2-3,5,7H2,1H3. The number of nitrogens with zero attached hydrogens (tertiary/aromatic N) is 1. The molecule has 0 saturated heterocycles. The van der Waals surface area contributed by atoms with E-state index in [1.165, 1.54) is 5.56 Å². The maximum Gasteiger partial charge on any atom is 0.133 e. The van der Waals surface area contributed by atoms with Crippen molar-refractivity contribution < 1.29 is 9.52 Å². The molecule has 0 amide bonds. The molecular formula is C16H19NO2. The SMILES string of the molecule is CCc1ccc(C(O)C2CCCc3cccnc32)o1. The molecule has 0 fully saturated rings. The van der Waals surface area contributed by atoms with E-state index in [0.717, 1.165) is 37.1 Å². The number of aliphatic hydroxyl groups excluding tert-OH is 1. The third-order valence-corrected chi connectivity index (χ3v) is 3.94. The van der Waals surface area contributed by atoms with Gasteiger partial charge in [0.2, 0.25) is 0 Å². The summed E-state index contributed by atoms with van der Waals surface area (Å²) >= 11 is 0. The van der Waals surface area contributed by atoms with Gasteiger partial charge in [-0.2, -0.15) is 0 Å². The second-order valence-corrected chi connectivity index (χ2v) is 5.15. The number of aryl methyl sites for hydroxylation is 2. The van der Waals surface area contributed by atoms with Gasteiger partial charge in [-0.3, -0.25) is 4.98 Å². The van der Waals surface area contributed by atoms with Crippen LogP contribution in [0.1, 0.15) is 54.6 Å². The Hall–Kier alpha value is -1.61. The Kier molecular flexibility index (Phi) is 3.38. The number of hydrogen-bond donors (Lipinski definition) is 1. The summed E-state index contributed by atoms with van der Waals surface area (Å²) in [5.41, 5.74) is 2.30. The first-order valence-corrected chi connectivity index (χ1v) is 7.00. The van der Waals surface area contributed by atoms with Crippen LogP contribution in [0, 0.1) is 0 Å². The summed E-state index contributed by atoms with van der Waals surface area (Å²) in [6.07, 6.45) is 5.20. The van der Waals surface area contributed by atoms with Gasteiger partial charge in [-0.05, 0) is 43.0 Å². The van der Waals surface area contributed by atoms with Crippen molar-refractivity contribution in [1.29, 1.82) is 0 Å². The molecule has 3 rings (SSSR count). The maximum absolute atomic E-state index is 10.6. The van der Waals surface area contributed by atoms with E-state index in [1.54, 1.807) is 0 Å². The Labute approximate surface area is 113 Å². The second-order valence-electron chi connectivity index (χ2n) is 5.15. The van der Waals surface area contributed by atoms with Gasteiger partial charge in [0, 0.05) is 24.2 Å². The molecule has 0 aromatic carbocycles. The largest absolute Gasteiger partial charge is 0.463 e. The van der Waals surface area contributed by atoms with E-state index < -0.39 is 6.10 Å². The minimum Gasteiger partial charge on any atom is -0.463 e. The van der Waals surface area contributed by atoms with Gasteiger partial charge in [0.15, 0.2) is 0 Å². The molecule has 1 aliphatic rings. The molecule has 2 aromatic heterocycles. The average molecular weight is 257 g/mol. The predicted octanol–water partition coefficient (Wildman–Crippen LogP) is 3.39. The first kappa shape index (κ1) is 12.4. The Bertz CT molecular complexity index is 561. The molecule has 0 aliphatic heterocycles. The highest BCUT2D eigenvalue weighted by Gasteiger charge is 2.30. The molecule has 2 aromatic rings. The van der Waals surface area contributed by atoms with Gasteiger partial charge in [-0.1, -0.05) is 13.0 Å². The topological polar surface area (TPSA) is 46.3 Å². The van der Waals surface area contributed by atoms with Crippen molar-refractivity contribution in [2.24, 2.45) is 0 Å². The summed E-state index contributed by atoms with van der Waals surface area (Å²) in [7, 11) is 0. The summed E-state index contributed by atoms with van der Waals surface area (Å²) < 4.78 is 5.69. The summed E-state index contributed by atoms with van der Waals surface area (Å²) in [4.78, 5) is 4.47. The lowest BCUT2D eigenvalue weighted by Gasteiger charge is -2.27. The van der Waals surface area contributed by atoms with Gasteiger partial charge in [0.1, 0.15) is 17.6 Å². The van der Waals surface area contributed by atoms with Crippen LogP contribution in [0.5, 0.6) is 0 Å². The Morgan fingerprint density at radius 1 is 1.42 bits per heavy atom. The van der Waals surface area contributed by atoms with Gasteiger partial charge in [0.05, 0.1) is 0 Å². The molecule has 100 valence electrons. The molecule has 2 atom stereocenters. The van der Waals surface area contributed by atoms with Crippen LogP contribution in [0.4, 0.5) is 0 Å². The summed E-state index contributed by atoms with van der Waals surface area (Å²) in [6.45, 7) is 2.05. The fraction of sp³-hybridized carbons (Fsp3) is 0.438. The normalized spacial score (nSPS) is 20.0. The minimum absolute atomic E-state index is 0.0563. The van der Waals surface area contributed by atoms with Crippen molar-refractivity contribution in [2.45, 2.75) is 44.6 Å². The van der Waals surface area contributed by atoms with E-state index in [4.69, 9.17) is 4.42 Å². The molecule has 1 aliphatic carbocycles. The molecule has 0 spiro atoms. The van der Waals surface area contributed by atoms with Gasteiger partial charge in [-0.15, -0.1) is 0 Å². The van der Waals surface area contributed by atoms with E-state index >= 15 is 0 Å². The molecule has 0 bridgehead atoms. The third kappa shape index (κ3) is 2.30. The molecular weight excluding hydrogens is 238 g/mol.